The van der Waals surface area contributed by atoms with Crippen molar-refractivity contribution in [1.29, 1.82) is 0 Å². The Morgan fingerprint density at radius 3 is 2.26 bits per heavy atom. The van der Waals surface area contributed by atoms with Gasteiger partial charge in [-0.3, -0.25) is 9.59 Å². The highest BCUT2D eigenvalue weighted by Crippen LogP contribution is 2.24. The van der Waals surface area contributed by atoms with Crippen LogP contribution in [0.3, 0.4) is 0 Å². The minimum absolute atomic E-state index is 0.0494. The molecule has 0 fully saturated rings. The molecule has 2 rings (SSSR count). The highest BCUT2D eigenvalue weighted by Gasteiger charge is 2.14. The predicted octanol–water partition coefficient (Wildman–Crippen LogP) is 2.57. The van der Waals surface area contributed by atoms with Gasteiger partial charge in [-0.25, -0.2) is 0 Å². The van der Waals surface area contributed by atoms with Crippen molar-refractivity contribution < 1.29 is 19.4 Å². The molecule has 2 aromatic carbocycles. The third-order valence-electron chi connectivity index (χ3n) is 2.49. The number of carbonyl (C=O) groups is 2. The molecule has 4 heteroatoms. The molecule has 19 heavy (non-hydrogen) atoms. The fraction of sp³-hybridized carbons (Fsp3) is 0.0667. The summed E-state index contributed by atoms with van der Waals surface area (Å²) in [6.07, 6.45) is -0.363. The number of carbonyl (C=O) groups excluding carboxylic acids is 2. The second-order valence-corrected chi connectivity index (χ2v) is 3.91. The normalized spacial score (nSPS) is 9.89. The minimum atomic E-state index is -0.699. The van der Waals surface area contributed by atoms with Crippen LogP contribution in [0, 0.1) is 0 Å². The lowest BCUT2D eigenvalue weighted by molar-refractivity contribution is -0.133. The van der Waals surface area contributed by atoms with Crippen LogP contribution >= 0.6 is 0 Å². The van der Waals surface area contributed by atoms with E-state index < -0.39 is 5.97 Å². The Kier molecular flexibility index (Phi) is 3.93. The van der Waals surface area contributed by atoms with Crippen LogP contribution in [-0.4, -0.2) is 16.9 Å². The van der Waals surface area contributed by atoms with Crippen LogP contribution in [0.2, 0.25) is 0 Å². The average Bonchev–Trinajstić information content (AvgIpc) is 2.42. The SMILES string of the molecule is O=C(CC(=O)c1ccccc1)Oc1ccccc1O. The number of hydrogen-bond acceptors (Lipinski definition) is 4. The lowest BCUT2D eigenvalue weighted by atomic mass is 10.1. The maximum Gasteiger partial charge on any atom is 0.319 e. The zero-order valence-electron chi connectivity index (χ0n) is 10.1. The molecule has 0 bridgehead atoms. The summed E-state index contributed by atoms with van der Waals surface area (Å²) in [4.78, 5) is 23.4. The number of ketones is 1. The molecule has 0 amide bonds. The van der Waals surface area contributed by atoms with E-state index in [0.717, 1.165) is 0 Å². The molecular formula is C15H12O4. The van der Waals surface area contributed by atoms with Crippen molar-refractivity contribution in [1.82, 2.24) is 0 Å². The van der Waals surface area contributed by atoms with Gasteiger partial charge in [0.05, 0.1) is 0 Å². The van der Waals surface area contributed by atoms with Gasteiger partial charge in [0.15, 0.2) is 17.3 Å². The average molecular weight is 256 g/mol. The van der Waals surface area contributed by atoms with Gasteiger partial charge < -0.3 is 9.84 Å². The molecule has 0 saturated carbocycles. The smallest absolute Gasteiger partial charge is 0.319 e. The predicted molar refractivity (Wildman–Crippen MR) is 69.1 cm³/mol. The van der Waals surface area contributed by atoms with Crippen LogP contribution in [0.1, 0.15) is 16.8 Å². The summed E-state index contributed by atoms with van der Waals surface area (Å²) in [5.41, 5.74) is 0.455. The maximum atomic E-state index is 11.8. The quantitative estimate of drug-likeness (QED) is 0.395. The van der Waals surface area contributed by atoms with Gasteiger partial charge in [-0.05, 0) is 12.1 Å². The minimum Gasteiger partial charge on any atom is -0.504 e. The fourth-order valence-corrected chi connectivity index (χ4v) is 1.56. The summed E-state index contributed by atoms with van der Waals surface area (Å²) in [7, 11) is 0. The molecule has 0 atom stereocenters. The molecule has 0 aliphatic heterocycles. The lowest BCUT2D eigenvalue weighted by Crippen LogP contribution is -2.14. The van der Waals surface area contributed by atoms with E-state index in [-0.39, 0.29) is 23.7 Å². The molecule has 0 heterocycles. The Bertz CT molecular complexity index is 590. The van der Waals surface area contributed by atoms with Gasteiger partial charge in [0.25, 0.3) is 0 Å². The second-order valence-electron chi connectivity index (χ2n) is 3.91. The highest BCUT2D eigenvalue weighted by molar-refractivity contribution is 6.06. The largest absolute Gasteiger partial charge is 0.504 e. The van der Waals surface area contributed by atoms with Crippen molar-refractivity contribution in [2.75, 3.05) is 0 Å². The standard InChI is InChI=1S/C15H12O4/c16-12-8-4-5-9-14(12)19-15(18)10-13(17)11-6-2-1-3-7-11/h1-9,16H,10H2. The highest BCUT2D eigenvalue weighted by atomic mass is 16.5. The van der Waals surface area contributed by atoms with Crippen LogP contribution in [0.4, 0.5) is 0 Å². The second kappa shape index (κ2) is 5.82. The maximum absolute atomic E-state index is 11.8. The van der Waals surface area contributed by atoms with Gasteiger partial charge in [-0.2, -0.15) is 0 Å². The first-order chi connectivity index (χ1) is 9.16. The van der Waals surface area contributed by atoms with E-state index in [1.807, 2.05) is 0 Å². The summed E-state index contributed by atoms with van der Waals surface area (Å²) in [6.45, 7) is 0. The van der Waals surface area contributed by atoms with E-state index >= 15 is 0 Å². The van der Waals surface area contributed by atoms with Gasteiger partial charge in [0.2, 0.25) is 0 Å². The Balaban J connectivity index is 1.99. The molecule has 0 spiro atoms. The number of phenols is 1. The number of esters is 1. The Labute approximate surface area is 110 Å². The molecule has 0 radical (unpaired) electrons. The Hall–Kier alpha value is -2.62. The van der Waals surface area contributed by atoms with E-state index in [0.29, 0.717) is 5.56 Å². The van der Waals surface area contributed by atoms with E-state index in [1.54, 1.807) is 42.5 Å². The lowest BCUT2D eigenvalue weighted by Gasteiger charge is -2.05. The molecule has 96 valence electrons. The van der Waals surface area contributed by atoms with Crippen LogP contribution in [0.15, 0.2) is 54.6 Å². The summed E-state index contributed by atoms with van der Waals surface area (Å²) in [5, 5.41) is 9.45. The first kappa shape index (κ1) is 12.8. The van der Waals surface area contributed by atoms with Crippen molar-refractivity contribution in [3.8, 4) is 11.5 Å². The number of hydrogen-bond donors (Lipinski definition) is 1. The first-order valence-corrected chi connectivity index (χ1v) is 5.74. The first-order valence-electron chi connectivity index (χ1n) is 5.74. The molecule has 2 aromatic rings. The third kappa shape index (κ3) is 3.42. The van der Waals surface area contributed by atoms with Crippen molar-refractivity contribution >= 4 is 11.8 Å². The molecular weight excluding hydrogens is 244 g/mol. The summed E-state index contributed by atoms with van der Waals surface area (Å²) < 4.78 is 4.93. The number of aromatic hydroxyl groups is 1. The van der Waals surface area contributed by atoms with E-state index in [1.165, 1.54) is 12.1 Å². The van der Waals surface area contributed by atoms with Crippen LogP contribution < -0.4 is 4.74 Å². The van der Waals surface area contributed by atoms with Crippen molar-refractivity contribution in [3.05, 3.63) is 60.2 Å². The zero-order valence-corrected chi connectivity index (χ0v) is 10.1. The van der Waals surface area contributed by atoms with Gasteiger partial charge >= 0.3 is 5.97 Å². The Morgan fingerprint density at radius 2 is 1.58 bits per heavy atom. The monoisotopic (exact) mass is 256 g/mol. The van der Waals surface area contributed by atoms with Gasteiger partial charge in [-0.15, -0.1) is 0 Å². The molecule has 1 N–H and O–H groups in total. The number of benzene rings is 2. The molecule has 0 unspecified atom stereocenters. The number of para-hydroxylation sites is 2. The fourth-order valence-electron chi connectivity index (χ4n) is 1.56. The molecule has 0 aliphatic rings. The number of ether oxygens (including phenoxy) is 1. The molecule has 0 saturated heterocycles. The van der Waals surface area contributed by atoms with Crippen LogP contribution in [0.5, 0.6) is 11.5 Å². The van der Waals surface area contributed by atoms with Gasteiger partial charge in [-0.1, -0.05) is 42.5 Å². The van der Waals surface area contributed by atoms with Crippen LogP contribution in [0.25, 0.3) is 0 Å². The summed E-state index contributed by atoms with van der Waals surface area (Å²) in [5.74, 6) is -1.10. The Morgan fingerprint density at radius 1 is 0.947 bits per heavy atom. The number of Topliss-reactive ketones (excluding diaryl/α,β-unsaturated/α-hetero) is 1. The topological polar surface area (TPSA) is 63.6 Å². The molecule has 0 aromatic heterocycles. The zero-order chi connectivity index (χ0) is 13.7. The van der Waals surface area contributed by atoms with E-state index in [9.17, 15) is 14.7 Å². The van der Waals surface area contributed by atoms with E-state index in [4.69, 9.17) is 4.74 Å². The molecule has 0 aliphatic carbocycles. The molecule has 4 nitrogen and oxygen atoms in total. The van der Waals surface area contributed by atoms with Crippen molar-refractivity contribution in [2.24, 2.45) is 0 Å². The number of rotatable bonds is 4. The summed E-state index contributed by atoms with van der Waals surface area (Å²) in [6, 6.07) is 14.6. The number of phenolic OH excluding ortho intramolecular Hbond substituents is 1. The van der Waals surface area contributed by atoms with Crippen molar-refractivity contribution in [3.63, 3.8) is 0 Å². The third-order valence-corrected chi connectivity index (χ3v) is 2.49. The van der Waals surface area contributed by atoms with Crippen LogP contribution in [-0.2, 0) is 4.79 Å². The van der Waals surface area contributed by atoms with E-state index in [2.05, 4.69) is 0 Å². The van der Waals surface area contributed by atoms with Gasteiger partial charge in [0, 0.05) is 5.56 Å². The van der Waals surface area contributed by atoms with Crippen molar-refractivity contribution in [2.45, 2.75) is 6.42 Å². The summed E-state index contributed by atoms with van der Waals surface area (Å²) >= 11 is 0. The van der Waals surface area contributed by atoms with Gasteiger partial charge in [0.1, 0.15) is 6.42 Å².